The number of hydrogen-bond acceptors (Lipinski definition) is 9. The maximum atomic E-state index is 13.7. The Bertz CT molecular complexity index is 1530. The number of fused-ring (bicyclic) bond motifs is 1. The molecule has 0 saturated carbocycles. The third-order valence-electron chi connectivity index (χ3n) is 5.95. The van der Waals surface area contributed by atoms with Crippen LogP contribution in [-0.4, -0.2) is 41.9 Å². The van der Waals surface area contributed by atoms with Gasteiger partial charge >= 0.3 is 0 Å². The van der Waals surface area contributed by atoms with E-state index in [0.29, 0.717) is 46.7 Å². The van der Waals surface area contributed by atoms with E-state index in [1.165, 1.54) is 6.33 Å². The average Bonchev–Trinajstić information content (AvgIpc) is 2.86. The van der Waals surface area contributed by atoms with Crippen LogP contribution >= 0.6 is 0 Å². The number of para-hydroxylation sites is 1. The van der Waals surface area contributed by atoms with Gasteiger partial charge in [-0.05, 0) is 49.9 Å². The molecule has 0 amide bonds. The van der Waals surface area contributed by atoms with Crippen molar-refractivity contribution >= 4 is 28.4 Å². The molecule has 4 aromatic rings. The lowest BCUT2D eigenvalue weighted by Crippen LogP contribution is -2.27. The molecule has 0 fully saturated rings. The molecule has 0 unspecified atom stereocenters. The summed E-state index contributed by atoms with van der Waals surface area (Å²) >= 11 is 0. The minimum atomic E-state index is -0.214. The van der Waals surface area contributed by atoms with Crippen molar-refractivity contribution in [2.75, 3.05) is 17.7 Å². The molecule has 0 spiro atoms. The standard InChI is InChI=1S/C26H28N8O2/c1-15(13-35)8-9-18(27)22-23(28)31-14-32-24(22)30-12-20-33-25-21(17(3)10-11-29-25)26(36)34(20)19-7-5-4-6-16(19)2/h4-7,10-11,14,27,35H,1,8-9,12-13H2,2-3H3,(H3,28,30,31,32). The monoisotopic (exact) mass is 484 g/mol. The van der Waals surface area contributed by atoms with Gasteiger partial charge in [0.25, 0.3) is 5.56 Å². The van der Waals surface area contributed by atoms with Gasteiger partial charge in [-0.15, -0.1) is 0 Å². The molecule has 0 aliphatic heterocycles. The summed E-state index contributed by atoms with van der Waals surface area (Å²) in [6, 6.07) is 9.38. The highest BCUT2D eigenvalue weighted by atomic mass is 16.3. The number of hydrogen-bond donors (Lipinski definition) is 4. The van der Waals surface area contributed by atoms with Crippen LogP contribution in [0.1, 0.15) is 35.4 Å². The smallest absolute Gasteiger partial charge is 0.267 e. The number of aliphatic hydroxyl groups excluding tert-OH is 1. The van der Waals surface area contributed by atoms with Crippen molar-refractivity contribution in [1.82, 2.24) is 24.5 Å². The average molecular weight is 485 g/mol. The number of aliphatic hydroxyl groups is 1. The number of rotatable bonds is 9. The Labute approximate surface area is 208 Å². The van der Waals surface area contributed by atoms with Crippen molar-refractivity contribution in [1.29, 1.82) is 5.41 Å². The second kappa shape index (κ2) is 10.4. The number of benzene rings is 1. The molecule has 1 aromatic carbocycles. The number of nitrogens with zero attached hydrogens (tertiary/aromatic N) is 5. The van der Waals surface area contributed by atoms with E-state index >= 15 is 0 Å². The van der Waals surface area contributed by atoms with Gasteiger partial charge in [-0.2, -0.15) is 0 Å². The zero-order valence-electron chi connectivity index (χ0n) is 20.2. The van der Waals surface area contributed by atoms with Crippen LogP contribution in [0.15, 0.2) is 59.8 Å². The molecule has 3 heterocycles. The van der Waals surface area contributed by atoms with Crippen LogP contribution in [0, 0.1) is 19.3 Å². The van der Waals surface area contributed by atoms with E-state index in [2.05, 4.69) is 26.8 Å². The van der Waals surface area contributed by atoms with Gasteiger partial charge in [0, 0.05) is 11.9 Å². The Morgan fingerprint density at radius 1 is 1.14 bits per heavy atom. The number of nitrogen functional groups attached to an aromatic ring is 1. The first kappa shape index (κ1) is 24.7. The van der Waals surface area contributed by atoms with Gasteiger partial charge in [-0.25, -0.2) is 19.9 Å². The maximum Gasteiger partial charge on any atom is 0.267 e. The molecule has 0 saturated heterocycles. The summed E-state index contributed by atoms with van der Waals surface area (Å²) in [5.41, 5.74) is 9.88. The van der Waals surface area contributed by atoms with Crippen LogP contribution in [0.5, 0.6) is 0 Å². The van der Waals surface area contributed by atoms with Crippen molar-refractivity contribution in [3.05, 3.63) is 87.9 Å². The Balaban J connectivity index is 1.77. The summed E-state index contributed by atoms with van der Waals surface area (Å²) in [4.78, 5) is 31.1. The quantitative estimate of drug-likeness (QED) is 0.209. The lowest BCUT2D eigenvalue weighted by molar-refractivity contribution is 0.327. The normalized spacial score (nSPS) is 11.0. The molecule has 10 nitrogen and oxygen atoms in total. The van der Waals surface area contributed by atoms with Crippen molar-refractivity contribution < 1.29 is 5.11 Å². The molecule has 184 valence electrons. The molecule has 10 heteroatoms. The molecule has 0 radical (unpaired) electrons. The Kier molecular flexibility index (Phi) is 7.16. The second-order valence-corrected chi connectivity index (χ2v) is 8.50. The predicted octanol–water partition coefficient (Wildman–Crippen LogP) is 3.08. The van der Waals surface area contributed by atoms with Crippen molar-refractivity contribution in [2.45, 2.75) is 33.2 Å². The molecule has 36 heavy (non-hydrogen) atoms. The van der Waals surface area contributed by atoms with Gasteiger partial charge in [0.15, 0.2) is 5.65 Å². The Morgan fingerprint density at radius 3 is 2.67 bits per heavy atom. The topological polar surface area (TPSA) is 156 Å². The molecule has 0 aliphatic carbocycles. The highest BCUT2D eigenvalue weighted by molar-refractivity contribution is 6.06. The number of aryl methyl sites for hydroxylation is 2. The summed E-state index contributed by atoms with van der Waals surface area (Å²) in [6.45, 7) is 7.55. The van der Waals surface area contributed by atoms with Crippen molar-refractivity contribution in [3.8, 4) is 5.69 Å². The highest BCUT2D eigenvalue weighted by Gasteiger charge is 2.19. The molecule has 0 bridgehead atoms. The minimum Gasteiger partial charge on any atom is -0.392 e. The van der Waals surface area contributed by atoms with Crippen LogP contribution in [0.2, 0.25) is 0 Å². The number of nitrogens with one attached hydrogen (secondary N) is 2. The molecule has 4 rings (SSSR count). The summed E-state index contributed by atoms with van der Waals surface area (Å²) in [7, 11) is 0. The molecule has 0 atom stereocenters. The molecular weight excluding hydrogens is 456 g/mol. The number of aromatic nitrogens is 5. The fraction of sp³-hybridized carbons (Fsp3) is 0.231. The van der Waals surface area contributed by atoms with Crippen molar-refractivity contribution in [3.63, 3.8) is 0 Å². The first-order chi connectivity index (χ1) is 17.3. The Morgan fingerprint density at radius 2 is 1.92 bits per heavy atom. The molecular formula is C26H28N8O2. The van der Waals surface area contributed by atoms with Gasteiger partial charge in [0.05, 0.1) is 29.8 Å². The minimum absolute atomic E-state index is 0.120. The highest BCUT2D eigenvalue weighted by Crippen LogP contribution is 2.23. The maximum absolute atomic E-state index is 13.7. The first-order valence-corrected chi connectivity index (χ1v) is 11.4. The summed E-state index contributed by atoms with van der Waals surface area (Å²) in [5, 5.41) is 21.4. The Hall–Kier alpha value is -4.44. The number of pyridine rings is 1. The summed E-state index contributed by atoms with van der Waals surface area (Å²) in [6.07, 6.45) is 3.70. The number of anilines is 2. The van der Waals surface area contributed by atoms with Crippen LogP contribution < -0.4 is 16.6 Å². The van der Waals surface area contributed by atoms with E-state index in [0.717, 1.165) is 16.8 Å². The second-order valence-electron chi connectivity index (χ2n) is 8.50. The third-order valence-corrected chi connectivity index (χ3v) is 5.95. The summed E-state index contributed by atoms with van der Waals surface area (Å²) < 4.78 is 1.58. The van der Waals surface area contributed by atoms with E-state index in [1.807, 2.05) is 38.1 Å². The van der Waals surface area contributed by atoms with Gasteiger partial charge < -0.3 is 21.6 Å². The fourth-order valence-corrected chi connectivity index (χ4v) is 3.97. The summed E-state index contributed by atoms with van der Waals surface area (Å²) in [5.74, 6) is 0.945. The van der Waals surface area contributed by atoms with Gasteiger partial charge in [0.2, 0.25) is 0 Å². The van der Waals surface area contributed by atoms with Crippen LogP contribution in [0.3, 0.4) is 0 Å². The lowest BCUT2D eigenvalue weighted by Gasteiger charge is -2.18. The largest absolute Gasteiger partial charge is 0.392 e. The molecule has 0 aliphatic rings. The first-order valence-electron chi connectivity index (χ1n) is 11.4. The van der Waals surface area contributed by atoms with Crippen LogP contribution in [0.4, 0.5) is 11.6 Å². The van der Waals surface area contributed by atoms with Gasteiger partial charge in [-0.3, -0.25) is 9.36 Å². The molecule has 5 N–H and O–H groups in total. The fourth-order valence-electron chi connectivity index (χ4n) is 3.97. The van der Waals surface area contributed by atoms with E-state index in [9.17, 15) is 9.90 Å². The lowest BCUT2D eigenvalue weighted by atomic mass is 10.0. The number of nitrogens with two attached hydrogens (primary N) is 1. The van der Waals surface area contributed by atoms with E-state index < -0.39 is 0 Å². The van der Waals surface area contributed by atoms with E-state index in [-0.39, 0.29) is 30.2 Å². The third kappa shape index (κ3) is 4.84. The van der Waals surface area contributed by atoms with Crippen LogP contribution in [0.25, 0.3) is 16.7 Å². The zero-order chi connectivity index (χ0) is 25.8. The van der Waals surface area contributed by atoms with E-state index in [4.69, 9.17) is 16.1 Å². The predicted molar refractivity (Wildman–Crippen MR) is 141 cm³/mol. The van der Waals surface area contributed by atoms with Gasteiger partial charge in [-0.1, -0.05) is 30.4 Å². The van der Waals surface area contributed by atoms with E-state index in [1.54, 1.807) is 16.8 Å². The van der Waals surface area contributed by atoms with Crippen LogP contribution in [-0.2, 0) is 6.54 Å². The molecule has 3 aromatic heterocycles. The zero-order valence-corrected chi connectivity index (χ0v) is 20.2. The van der Waals surface area contributed by atoms with Crippen molar-refractivity contribution in [2.24, 2.45) is 0 Å². The SMILES string of the molecule is C=C(CO)CCC(=N)c1c(N)ncnc1NCc1nc2nccc(C)c2c(=O)n1-c1ccccc1C. The van der Waals surface area contributed by atoms with Gasteiger partial charge in [0.1, 0.15) is 23.8 Å².